The first-order valence-electron chi connectivity index (χ1n) is 14.0. The lowest BCUT2D eigenvalue weighted by Gasteiger charge is -2.09. The average Bonchev–Trinajstić information content (AvgIpc) is 2.98. The first-order chi connectivity index (χ1) is 20.8. The molecule has 0 aliphatic carbocycles. The Labute approximate surface area is 247 Å². The highest BCUT2D eigenvalue weighted by Gasteiger charge is 1.97. The van der Waals surface area contributed by atoms with Crippen LogP contribution in [0.4, 0.5) is 4.79 Å². The van der Waals surface area contributed by atoms with Crippen LogP contribution in [-0.4, -0.2) is 170 Å². The highest BCUT2D eigenvalue weighted by Crippen LogP contribution is 1.87. The SMILES string of the molecule is [N-]=[N+]=NCCOCCOCCOCCOCCOCCOCCOCCOCCOCCOCCOCCOC(=O)O. The minimum Gasteiger partial charge on any atom is -0.450 e. The Bertz CT molecular complexity index is 567. The van der Waals surface area contributed by atoms with Crippen molar-refractivity contribution in [3.63, 3.8) is 0 Å². The molecule has 0 unspecified atom stereocenters. The van der Waals surface area contributed by atoms with Gasteiger partial charge in [-0.1, -0.05) is 5.11 Å². The van der Waals surface area contributed by atoms with E-state index in [1.807, 2.05) is 0 Å². The van der Waals surface area contributed by atoms with Crippen molar-refractivity contribution < 1.29 is 66.7 Å². The zero-order valence-corrected chi connectivity index (χ0v) is 24.6. The molecule has 0 spiro atoms. The molecule has 0 radical (unpaired) electrons. The van der Waals surface area contributed by atoms with E-state index in [1.165, 1.54) is 0 Å². The Morgan fingerprint density at radius 3 is 0.857 bits per heavy atom. The molecule has 0 aliphatic rings. The van der Waals surface area contributed by atoms with E-state index in [0.717, 1.165) is 0 Å². The van der Waals surface area contributed by atoms with Gasteiger partial charge in [-0.2, -0.15) is 0 Å². The lowest BCUT2D eigenvalue weighted by atomic mass is 10.6. The van der Waals surface area contributed by atoms with Crippen LogP contribution < -0.4 is 0 Å². The predicted molar refractivity (Wildman–Crippen MR) is 147 cm³/mol. The van der Waals surface area contributed by atoms with Gasteiger partial charge in [0.25, 0.3) is 0 Å². The van der Waals surface area contributed by atoms with Crippen LogP contribution in [-0.2, 0) is 56.8 Å². The molecule has 248 valence electrons. The molecule has 0 atom stereocenters. The summed E-state index contributed by atoms with van der Waals surface area (Å²) in [5.74, 6) is 0. The van der Waals surface area contributed by atoms with E-state index in [1.54, 1.807) is 0 Å². The third-order valence-corrected chi connectivity index (χ3v) is 4.57. The Morgan fingerprint density at radius 2 is 0.643 bits per heavy atom. The van der Waals surface area contributed by atoms with Gasteiger partial charge in [-0.25, -0.2) is 4.79 Å². The summed E-state index contributed by atoms with van der Waals surface area (Å²) < 4.78 is 63.2. The van der Waals surface area contributed by atoms with E-state index in [2.05, 4.69) is 14.8 Å². The maximum absolute atomic E-state index is 10.1. The fraction of sp³-hybridized carbons (Fsp3) is 0.960. The molecule has 1 N–H and O–H groups in total. The Balaban J connectivity index is 3.04. The molecule has 17 nitrogen and oxygen atoms in total. The minimum absolute atomic E-state index is 0.00488. The van der Waals surface area contributed by atoms with Gasteiger partial charge < -0.3 is 61.9 Å². The van der Waals surface area contributed by atoms with Crippen molar-refractivity contribution in [1.29, 1.82) is 0 Å². The van der Waals surface area contributed by atoms with Crippen LogP contribution in [0.3, 0.4) is 0 Å². The van der Waals surface area contributed by atoms with Crippen LogP contribution >= 0.6 is 0 Å². The molecule has 0 heterocycles. The van der Waals surface area contributed by atoms with Crippen molar-refractivity contribution in [3.05, 3.63) is 10.4 Å². The van der Waals surface area contributed by atoms with E-state index in [0.29, 0.717) is 145 Å². The number of carboxylic acid groups (broad SMARTS) is 1. The highest BCUT2D eigenvalue weighted by atomic mass is 16.7. The van der Waals surface area contributed by atoms with Crippen LogP contribution in [0.1, 0.15) is 0 Å². The molecule has 42 heavy (non-hydrogen) atoms. The number of hydrogen-bond donors (Lipinski definition) is 1. The number of azide groups is 1. The van der Waals surface area contributed by atoms with Gasteiger partial charge in [-0.15, -0.1) is 0 Å². The zero-order chi connectivity index (χ0) is 30.4. The monoisotopic (exact) mass is 615 g/mol. The summed E-state index contributed by atoms with van der Waals surface area (Å²) in [5.41, 5.74) is 8.12. The largest absolute Gasteiger partial charge is 0.505 e. The Hall–Kier alpha value is -1.86. The molecule has 0 aromatic rings. The van der Waals surface area contributed by atoms with E-state index < -0.39 is 6.16 Å². The fourth-order valence-electron chi connectivity index (χ4n) is 2.64. The van der Waals surface area contributed by atoms with Crippen molar-refractivity contribution in [3.8, 4) is 0 Å². The second-order valence-corrected chi connectivity index (χ2v) is 7.80. The van der Waals surface area contributed by atoms with Crippen LogP contribution in [0.15, 0.2) is 5.11 Å². The van der Waals surface area contributed by atoms with Gasteiger partial charge in [0.1, 0.15) is 6.61 Å². The van der Waals surface area contributed by atoms with Gasteiger partial charge in [0, 0.05) is 11.5 Å². The second kappa shape index (κ2) is 37.2. The standard InChI is InChI=1S/C25H49N3O14/c26-28-27-1-2-31-3-4-32-5-6-33-7-8-34-9-10-35-11-12-36-13-14-37-15-16-38-17-18-39-19-20-40-21-22-41-23-24-42-25(29)30/h1-24H2,(H,29,30). The molecule has 0 rings (SSSR count). The van der Waals surface area contributed by atoms with Gasteiger partial charge in [0.05, 0.1) is 145 Å². The van der Waals surface area contributed by atoms with E-state index in [4.69, 9.17) is 62.7 Å². The maximum Gasteiger partial charge on any atom is 0.505 e. The van der Waals surface area contributed by atoms with Crippen molar-refractivity contribution in [2.75, 3.05) is 159 Å². The highest BCUT2D eigenvalue weighted by molar-refractivity contribution is 5.56. The van der Waals surface area contributed by atoms with Crippen molar-refractivity contribution >= 4 is 6.16 Å². The van der Waals surface area contributed by atoms with Gasteiger partial charge in [-0.05, 0) is 5.53 Å². The Morgan fingerprint density at radius 1 is 0.429 bits per heavy atom. The minimum atomic E-state index is -1.31. The molecular formula is C25H49N3O14. The van der Waals surface area contributed by atoms with Crippen LogP contribution in [0, 0.1) is 0 Å². The number of hydrogen-bond acceptors (Lipinski definition) is 14. The number of ether oxygens (including phenoxy) is 12. The summed E-state index contributed by atoms with van der Waals surface area (Å²) in [7, 11) is 0. The number of nitrogens with zero attached hydrogens (tertiary/aromatic N) is 3. The van der Waals surface area contributed by atoms with Gasteiger partial charge in [-0.3, -0.25) is 0 Å². The summed E-state index contributed by atoms with van der Waals surface area (Å²) in [6.07, 6.45) is -1.31. The lowest BCUT2D eigenvalue weighted by Crippen LogP contribution is -2.15. The normalized spacial score (nSPS) is 11.0. The fourth-order valence-corrected chi connectivity index (χ4v) is 2.64. The predicted octanol–water partition coefficient (Wildman–Crippen LogP) is 1.17. The van der Waals surface area contributed by atoms with Crippen molar-refractivity contribution in [1.82, 2.24) is 0 Å². The van der Waals surface area contributed by atoms with E-state index in [-0.39, 0.29) is 13.2 Å². The molecule has 0 aromatic carbocycles. The average molecular weight is 616 g/mol. The van der Waals surface area contributed by atoms with Crippen molar-refractivity contribution in [2.24, 2.45) is 5.11 Å². The van der Waals surface area contributed by atoms with Crippen LogP contribution in [0.2, 0.25) is 0 Å². The summed E-state index contributed by atoms with van der Waals surface area (Å²) in [6, 6.07) is 0. The molecule has 0 aromatic heterocycles. The molecule has 0 bridgehead atoms. The molecule has 0 saturated heterocycles. The first kappa shape index (κ1) is 40.1. The zero-order valence-electron chi connectivity index (χ0n) is 24.6. The topological polar surface area (TPSA) is 197 Å². The van der Waals surface area contributed by atoms with Gasteiger partial charge >= 0.3 is 6.16 Å². The summed E-state index contributed by atoms with van der Waals surface area (Å²) >= 11 is 0. The molecule has 0 amide bonds. The first-order valence-corrected chi connectivity index (χ1v) is 14.0. The molecule has 0 fully saturated rings. The maximum atomic E-state index is 10.1. The van der Waals surface area contributed by atoms with Crippen molar-refractivity contribution in [2.45, 2.75) is 0 Å². The molecular weight excluding hydrogens is 566 g/mol. The molecule has 0 saturated carbocycles. The third-order valence-electron chi connectivity index (χ3n) is 4.57. The third kappa shape index (κ3) is 38.1. The molecule has 0 aliphatic heterocycles. The van der Waals surface area contributed by atoms with Crippen LogP contribution in [0.5, 0.6) is 0 Å². The quantitative estimate of drug-likeness (QED) is 0.0346. The van der Waals surface area contributed by atoms with E-state index >= 15 is 0 Å². The number of rotatable bonds is 36. The second-order valence-electron chi connectivity index (χ2n) is 7.80. The summed E-state index contributed by atoms with van der Waals surface area (Å²) in [5, 5.41) is 11.7. The lowest BCUT2D eigenvalue weighted by molar-refractivity contribution is -0.0280. The Kier molecular flexibility index (Phi) is 35.5. The van der Waals surface area contributed by atoms with Crippen LogP contribution in [0.25, 0.3) is 10.4 Å². The smallest absolute Gasteiger partial charge is 0.450 e. The van der Waals surface area contributed by atoms with E-state index in [9.17, 15) is 4.79 Å². The summed E-state index contributed by atoms with van der Waals surface area (Å²) in [4.78, 5) is 12.8. The molecule has 17 heteroatoms. The summed E-state index contributed by atoms with van der Waals surface area (Å²) in [6.45, 7) is 10.2. The van der Waals surface area contributed by atoms with Gasteiger partial charge in [0.15, 0.2) is 0 Å². The van der Waals surface area contributed by atoms with Gasteiger partial charge in [0.2, 0.25) is 0 Å². The number of carbonyl (C=O) groups is 1.